The molecular weight excluding hydrogens is 536 g/mol. The molecule has 4 aromatic rings. The molecular formula is C33H34N2O7. The number of aromatic nitrogens is 2. The van der Waals surface area contributed by atoms with Crippen LogP contribution in [0.5, 0.6) is 28.7 Å². The highest BCUT2D eigenvalue weighted by molar-refractivity contribution is 5.92. The maximum absolute atomic E-state index is 12.5. The van der Waals surface area contributed by atoms with Crippen LogP contribution in [0.1, 0.15) is 42.4 Å². The average molecular weight is 571 g/mol. The van der Waals surface area contributed by atoms with Gasteiger partial charge >= 0.3 is 5.97 Å². The lowest BCUT2D eigenvalue weighted by Crippen LogP contribution is -2.09. The van der Waals surface area contributed by atoms with Gasteiger partial charge in [0, 0.05) is 36.1 Å². The number of imidazole rings is 1. The minimum Gasteiger partial charge on any atom is -0.497 e. The maximum Gasteiger partial charge on any atom is 0.331 e. The summed E-state index contributed by atoms with van der Waals surface area (Å²) in [5.74, 6) is 2.65. The van der Waals surface area contributed by atoms with Crippen LogP contribution in [0.4, 0.5) is 0 Å². The number of nitrogens with zero attached hydrogens (tertiary/aromatic N) is 2. The molecule has 5 rings (SSSR count). The molecule has 218 valence electrons. The van der Waals surface area contributed by atoms with Gasteiger partial charge in [-0.3, -0.25) is 4.57 Å². The first-order chi connectivity index (χ1) is 20.5. The van der Waals surface area contributed by atoms with Gasteiger partial charge in [-0.15, -0.1) is 0 Å². The van der Waals surface area contributed by atoms with Gasteiger partial charge in [0.05, 0.1) is 31.8 Å². The number of benzene rings is 3. The second-order valence-corrected chi connectivity index (χ2v) is 9.82. The fourth-order valence-corrected chi connectivity index (χ4v) is 4.82. The van der Waals surface area contributed by atoms with Crippen LogP contribution in [-0.2, 0) is 24.2 Å². The standard InChI is InChI=1S/C33H34N2O7/c1-4-5-11-32-34-19-25(15-24(33(36)37)14-23-16-30-31(42-21-41-30)18-28(23)39-3)35(32)27-13-12-26(38-2)17-29(27)40-20-22-9-7-6-8-10-22/h6-10,12-13,15-19H,4-5,11,14,20-21H2,1-3H3,(H,36,37)/b24-15+. The minimum absolute atomic E-state index is 0.102. The van der Waals surface area contributed by atoms with E-state index >= 15 is 0 Å². The van der Waals surface area contributed by atoms with Crippen LogP contribution in [0.15, 0.2) is 72.4 Å². The van der Waals surface area contributed by atoms with Crippen molar-refractivity contribution in [2.75, 3.05) is 21.0 Å². The third-order valence-corrected chi connectivity index (χ3v) is 7.01. The molecule has 1 N–H and O–H groups in total. The number of hydrogen-bond acceptors (Lipinski definition) is 7. The van der Waals surface area contributed by atoms with Crippen LogP contribution in [0.25, 0.3) is 11.8 Å². The fraction of sp³-hybridized carbons (Fsp3) is 0.273. The van der Waals surface area contributed by atoms with Gasteiger partial charge < -0.3 is 28.8 Å². The molecule has 1 aliphatic heterocycles. The molecule has 0 fully saturated rings. The molecule has 9 heteroatoms. The molecule has 1 aromatic heterocycles. The molecule has 0 saturated heterocycles. The number of aryl methyl sites for hydroxylation is 1. The van der Waals surface area contributed by atoms with Crippen LogP contribution in [0.3, 0.4) is 0 Å². The molecule has 0 amide bonds. The summed E-state index contributed by atoms with van der Waals surface area (Å²) >= 11 is 0. The number of carbonyl (C=O) groups is 1. The highest BCUT2D eigenvalue weighted by Gasteiger charge is 2.22. The monoisotopic (exact) mass is 570 g/mol. The highest BCUT2D eigenvalue weighted by Crippen LogP contribution is 2.39. The van der Waals surface area contributed by atoms with Crippen molar-refractivity contribution < 1.29 is 33.6 Å². The molecule has 0 atom stereocenters. The van der Waals surface area contributed by atoms with Crippen molar-refractivity contribution in [2.24, 2.45) is 0 Å². The summed E-state index contributed by atoms with van der Waals surface area (Å²) in [4.78, 5) is 17.3. The molecule has 0 spiro atoms. The Kier molecular flexibility index (Phi) is 8.96. The molecule has 3 aromatic carbocycles. The summed E-state index contributed by atoms with van der Waals surface area (Å²) in [6.45, 7) is 2.59. The van der Waals surface area contributed by atoms with Crippen LogP contribution < -0.4 is 23.7 Å². The molecule has 0 bridgehead atoms. The van der Waals surface area contributed by atoms with Gasteiger partial charge in [-0.25, -0.2) is 9.78 Å². The number of unbranched alkanes of at least 4 members (excludes halogenated alkanes) is 1. The number of ether oxygens (including phenoxy) is 5. The third-order valence-electron chi connectivity index (χ3n) is 7.01. The molecule has 9 nitrogen and oxygen atoms in total. The van der Waals surface area contributed by atoms with E-state index in [1.54, 1.807) is 38.6 Å². The van der Waals surface area contributed by atoms with Gasteiger partial charge in [0.15, 0.2) is 11.5 Å². The normalized spacial score (nSPS) is 12.3. The molecule has 1 aliphatic rings. The zero-order valence-electron chi connectivity index (χ0n) is 24.0. The van der Waals surface area contributed by atoms with Gasteiger partial charge in [0.1, 0.15) is 29.7 Å². The third kappa shape index (κ3) is 6.35. The van der Waals surface area contributed by atoms with E-state index in [1.165, 1.54) is 0 Å². The summed E-state index contributed by atoms with van der Waals surface area (Å²) in [6.07, 6.45) is 6.09. The summed E-state index contributed by atoms with van der Waals surface area (Å²) in [5.41, 5.74) is 3.22. The Morgan fingerprint density at radius 2 is 1.81 bits per heavy atom. The van der Waals surface area contributed by atoms with Crippen molar-refractivity contribution >= 4 is 12.0 Å². The molecule has 0 saturated carbocycles. The summed E-state index contributed by atoms with van der Waals surface area (Å²) in [5, 5.41) is 10.3. The Labute approximate surface area is 244 Å². The lowest BCUT2D eigenvalue weighted by Gasteiger charge is -2.17. The van der Waals surface area contributed by atoms with E-state index < -0.39 is 5.97 Å². The van der Waals surface area contributed by atoms with E-state index in [-0.39, 0.29) is 18.8 Å². The van der Waals surface area contributed by atoms with E-state index in [2.05, 4.69) is 6.92 Å². The van der Waals surface area contributed by atoms with Crippen LogP contribution in [-0.4, -0.2) is 41.6 Å². The van der Waals surface area contributed by atoms with E-state index in [0.29, 0.717) is 53.0 Å². The first-order valence-electron chi connectivity index (χ1n) is 13.8. The number of hydrogen-bond donors (Lipinski definition) is 1. The molecule has 0 radical (unpaired) electrons. The molecule has 0 aliphatic carbocycles. The lowest BCUT2D eigenvalue weighted by atomic mass is 10.0. The number of carboxylic acids is 1. The van der Waals surface area contributed by atoms with E-state index in [9.17, 15) is 9.90 Å². The first-order valence-corrected chi connectivity index (χ1v) is 13.8. The maximum atomic E-state index is 12.5. The van der Waals surface area contributed by atoms with Gasteiger partial charge in [0.25, 0.3) is 0 Å². The molecule has 42 heavy (non-hydrogen) atoms. The highest BCUT2D eigenvalue weighted by atomic mass is 16.7. The van der Waals surface area contributed by atoms with E-state index in [4.69, 9.17) is 28.7 Å². The predicted octanol–water partition coefficient (Wildman–Crippen LogP) is 6.25. The first kappa shape index (κ1) is 28.6. The number of fused-ring (bicyclic) bond motifs is 1. The Morgan fingerprint density at radius 3 is 2.52 bits per heavy atom. The second-order valence-electron chi connectivity index (χ2n) is 9.82. The zero-order chi connectivity index (χ0) is 29.5. The Balaban J connectivity index is 1.57. The summed E-state index contributed by atoms with van der Waals surface area (Å²) in [7, 11) is 3.15. The van der Waals surface area contributed by atoms with Gasteiger partial charge in [0.2, 0.25) is 6.79 Å². The van der Waals surface area contributed by atoms with E-state index in [0.717, 1.165) is 29.9 Å². The van der Waals surface area contributed by atoms with Crippen molar-refractivity contribution in [3.05, 3.63) is 95.1 Å². The number of rotatable bonds is 13. The number of carboxylic acid groups (broad SMARTS) is 1. The van der Waals surface area contributed by atoms with Gasteiger partial charge in [-0.05, 0) is 36.3 Å². The lowest BCUT2D eigenvalue weighted by molar-refractivity contribution is -0.132. The largest absolute Gasteiger partial charge is 0.497 e. The van der Waals surface area contributed by atoms with Gasteiger partial charge in [-0.2, -0.15) is 0 Å². The van der Waals surface area contributed by atoms with Crippen molar-refractivity contribution in [2.45, 2.75) is 39.2 Å². The Bertz CT molecular complexity index is 1580. The summed E-state index contributed by atoms with van der Waals surface area (Å²) < 4.78 is 30.3. The van der Waals surface area contributed by atoms with Crippen LogP contribution in [0, 0.1) is 0 Å². The van der Waals surface area contributed by atoms with Crippen LogP contribution >= 0.6 is 0 Å². The molecule has 2 heterocycles. The van der Waals surface area contributed by atoms with E-state index in [1.807, 2.05) is 53.1 Å². The van der Waals surface area contributed by atoms with Crippen LogP contribution in [0.2, 0.25) is 0 Å². The average Bonchev–Trinajstić information content (AvgIpc) is 3.64. The fourth-order valence-electron chi connectivity index (χ4n) is 4.82. The topological polar surface area (TPSA) is 101 Å². The van der Waals surface area contributed by atoms with Crippen molar-refractivity contribution in [1.82, 2.24) is 9.55 Å². The van der Waals surface area contributed by atoms with Crippen molar-refractivity contribution in [1.29, 1.82) is 0 Å². The smallest absolute Gasteiger partial charge is 0.331 e. The second kappa shape index (κ2) is 13.2. The van der Waals surface area contributed by atoms with Crippen molar-refractivity contribution in [3.8, 4) is 34.4 Å². The van der Waals surface area contributed by atoms with Crippen molar-refractivity contribution in [3.63, 3.8) is 0 Å². The molecule has 0 unspecified atom stereocenters. The number of aliphatic carboxylic acids is 1. The predicted molar refractivity (Wildman–Crippen MR) is 158 cm³/mol. The summed E-state index contributed by atoms with van der Waals surface area (Å²) in [6, 6.07) is 19.0. The Hall–Kier alpha value is -4.92. The Morgan fingerprint density at radius 1 is 1.02 bits per heavy atom. The zero-order valence-corrected chi connectivity index (χ0v) is 24.0. The quantitative estimate of drug-likeness (QED) is 0.188. The minimum atomic E-state index is -1.05. The van der Waals surface area contributed by atoms with Gasteiger partial charge in [-0.1, -0.05) is 43.7 Å². The number of methoxy groups -OCH3 is 2. The SMILES string of the molecule is CCCCc1ncc(/C=C(\Cc2cc3c(cc2OC)OCO3)C(=O)O)n1-c1ccc(OC)cc1OCc1ccccc1.